The summed E-state index contributed by atoms with van der Waals surface area (Å²) in [6.07, 6.45) is 1.97. The van der Waals surface area contributed by atoms with E-state index in [1.54, 1.807) is 23.9 Å². The molecule has 0 unspecified atom stereocenters. The van der Waals surface area contributed by atoms with Crippen LogP contribution in [0.5, 0.6) is 0 Å². The third-order valence-electron chi connectivity index (χ3n) is 4.14. The van der Waals surface area contributed by atoms with Crippen molar-refractivity contribution in [2.45, 2.75) is 16.3 Å². The van der Waals surface area contributed by atoms with Gasteiger partial charge in [0.15, 0.2) is 0 Å². The zero-order chi connectivity index (χ0) is 20.9. The normalized spacial score (nSPS) is 11.2. The SMILES string of the molecule is CSc1ccc(NC(=O)c2ccc(Cl)c(S(=O)(=O)NCc3ccccc3)c2)cc1. The molecule has 0 spiro atoms. The molecule has 3 aromatic carbocycles. The Balaban J connectivity index is 1.78. The lowest BCUT2D eigenvalue weighted by molar-refractivity contribution is 0.102. The number of hydrogen-bond donors (Lipinski definition) is 2. The van der Waals surface area contributed by atoms with Crippen LogP contribution in [0.2, 0.25) is 5.02 Å². The summed E-state index contributed by atoms with van der Waals surface area (Å²) >= 11 is 7.71. The quantitative estimate of drug-likeness (QED) is 0.511. The van der Waals surface area contributed by atoms with E-state index in [0.29, 0.717) is 5.69 Å². The van der Waals surface area contributed by atoms with Crippen LogP contribution in [-0.4, -0.2) is 20.6 Å². The Morgan fingerprint density at radius 1 is 1.00 bits per heavy atom. The van der Waals surface area contributed by atoms with Gasteiger partial charge in [0, 0.05) is 22.7 Å². The largest absolute Gasteiger partial charge is 0.322 e. The number of halogens is 1. The van der Waals surface area contributed by atoms with E-state index < -0.39 is 15.9 Å². The number of nitrogens with one attached hydrogen (secondary N) is 2. The standard InChI is InChI=1S/C21H19ClN2O3S2/c1-28-18-10-8-17(9-11-18)24-21(25)16-7-12-19(22)20(13-16)29(26,27)23-14-15-5-3-2-4-6-15/h2-13,23H,14H2,1H3,(H,24,25). The van der Waals surface area contributed by atoms with E-state index in [1.807, 2.05) is 48.7 Å². The lowest BCUT2D eigenvalue weighted by Gasteiger charge is -2.11. The molecule has 1 amide bonds. The third-order valence-corrected chi connectivity index (χ3v) is 6.77. The summed E-state index contributed by atoms with van der Waals surface area (Å²) in [7, 11) is -3.89. The van der Waals surface area contributed by atoms with Gasteiger partial charge in [-0.2, -0.15) is 0 Å². The van der Waals surface area contributed by atoms with Crippen molar-refractivity contribution >= 4 is 45.0 Å². The number of sulfonamides is 1. The van der Waals surface area contributed by atoms with Gasteiger partial charge in [-0.1, -0.05) is 41.9 Å². The van der Waals surface area contributed by atoms with Gasteiger partial charge < -0.3 is 5.32 Å². The highest BCUT2D eigenvalue weighted by Crippen LogP contribution is 2.24. The van der Waals surface area contributed by atoms with Crippen LogP contribution in [0.1, 0.15) is 15.9 Å². The van der Waals surface area contributed by atoms with Gasteiger partial charge in [0.2, 0.25) is 10.0 Å². The zero-order valence-electron chi connectivity index (χ0n) is 15.6. The molecule has 8 heteroatoms. The number of hydrogen-bond acceptors (Lipinski definition) is 4. The minimum Gasteiger partial charge on any atom is -0.322 e. The maximum absolute atomic E-state index is 12.7. The van der Waals surface area contributed by atoms with Crippen LogP contribution in [0.25, 0.3) is 0 Å². The van der Waals surface area contributed by atoms with Gasteiger partial charge in [0.25, 0.3) is 5.91 Å². The van der Waals surface area contributed by atoms with Gasteiger partial charge in [0.05, 0.1) is 5.02 Å². The molecule has 0 bridgehead atoms. The van der Waals surface area contributed by atoms with E-state index in [1.165, 1.54) is 18.2 Å². The predicted molar refractivity (Wildman–Crippen MR) is 118 cm³/mol. The molecule has 0 saturated heterocycles. The number of thioether (sulfide) groups is 1. The molecule has 0 fully saturated rings. The molecule has 0 atom stereocenters. The van der Waals surface area contributed by atoms with E-state index in [2.05, 4.69) is 10.0 Å². The van der Waals surface area contributed by atoms with Gasteiger partial charge in [-0.25, -0.2) is 13.1 Å². The highest BCUT2D eigenvalue weighted by atomic mass is 35.5. The molecule has 0 saturated carbocycles. The van der Waals surface area contributed by atoms with Crippen molar-refractivity contribution in [3.63, 3.8) is 0 Å². The van der Waals surface area contributed by atoms with Crippen LogP contribution >= 0.6 is 23.4 Å². The summed E-state index contributed by atoms with van der Waals surface area (Å²) < 4.78 is 27.9. The van der Waals surface area contributed by atoms with Gasteiger partial charge in [0.1, 0.15) is 4.90 Å². The summed E-state index contributed by atoms with van der Waals surface area (Å²) in [6, 6.07) is 20.7. The second kappa shape index (κ2) is 9.45. The first-order valence-corrected chi connectivity index (χ1v) is 11.8. The first kappa shape index (κ1) is 21.4. The highest BCUT2D eigenvalue weighted by molar-refractivity contribution is 7.98. The van der Waals surface area contributed by atoms with E-state index in [0.717, 1.165) is 10.5 Å². The molecule has 0 heterocycles. The average molecular weight is 447 g/mol. The molecular formula is C21H19ClN2O3S2. The molecule has 0 aliphatic heterocycles. The van der Waals surface area contributed by atoms with Gasteiger partial charge in [-0.3, -0.25) is 4.79 Å². The molecule has 29 heavy (non-hydrogen) atoms. The van der Waals surface area contributed by atoms with Crippen LogP contribution in [0, 0.1) is 0 Å². The second-order valence-corrected chi connectivity index (χ2v) is 9.16. The number of carbonyl (C=O) groups is 1. The lowest BCUT2D eigenvalue weighted by atomic mass is 10.2. The molecular weight excluding hydrogens is 428 g/mol. The van der Waals surface area contributed by atoms with Crippen molar-refractivity contribution in [3.8, 4) is 0 Å². The summed E-state index contributed by atoms with van der Waals surface area (Å²) in [5, 5.41) is 2.81. The van der Waals surface area contributed by atoms with E-state index in [9.17, 15) is 13.2 Å². The minimum atomic E-state index is -3.89. The van der Waals surface area contributed by atoms with Gasteiger partial charge in [-0.05, 0) is 54.3 Å². The Morgan fingerprint density at radius 3 is 2.34 bits per heavy atom. The first-order chi connectivity index (χ1) is 13.9. The Morgan fingerprint density at radius 2 is 1.69 bits per heavy atom. The van der Waals surface area contributed by atoms with Crippen molar-refractivity contribution in [2.24, 2.45) is 0 Å². The van der Waals surface area contributed by atoms with E-state index in [4.69, 9.17) is 11.6 Å². The topological polar surface area (TPSA) is 75.3 Å². The monoisotopic (exact) mass is 446 g/mol. The number of benzene rings is 3. The van der Waals surface area contributed by atoms with Crippen LogP contribution < -0.4 is 10.0 Å². The zero-order valence-corrected chi connectivity index (χ0v) is 17.9. The maximum atomic E-state index is 12.7. The average Bonchev–Trinajstić information content (AvgIpc) is 2.74. The maximum Gasteiger partial charge on any atom is 0.255 e. The number of amides is 1. The summed E-state index contributed by atoms with van der Waals surface area (Å²) in [6.45, 7) is 0.123. The number of carbonyl (C=O) groups excluding carboxylic acids is 1. The second-order valence-electron chi connectivity index (χ2n) is 6.14. The summed E-state index contributed by atoms with van der Waals surface area (Å²) in [5.74, 6) is -0.418. The lowest BCUT2D eigenvalue weighted by Crippen LogP contribution is -2.24. The highest BCUT2D eigenvalue weighted by Gasteiger charge is 2.20. The molecule has 3 aromatic rings. The van der Waals surface area contributed by atoms with Crippen LogP contribution in [-0.2, 0) is 16.6 Å². The number of anilines is 1. The molecule has 0 aliphatic carbocycles. The molecule has 2 N–H and O–H groups in total. The van der Waals surface area contributed by atoms with Gasteiger partial charge >= 0.3 is 0 Å². The van der Waals surface area contributed by atoms with Crippen molar-refractivity contribution in [1.82, 2.24) is 4.72 Å². The minimum absolute atomic E-state index is 0.0476. The Labute approximate surface area is 179 Å². The third kappa shape index (κ3) is 5.61. The van der Waals surface area contributed by atoms with Crippen molar-refractivity contribution < 1.29 is 13.2 Å². The fourth-order valence-corrected chi connectivity index (χ4v) is 4.53. The van der Waals surface area contributed by atoms with Gasteiger partial charge in [-0.15, -0.1) is 11.8 Å². The fraction of sp³-hybridized carbons (Fsp3) is 0.0952. The van der Waals surface area contributed by atoms with E-state index in [-0.39, 0.29) is 22.0 Å². The summed E-state index contributed by atoms with van der Waals surface area (Å²) in [4.78, 5) is 13.5. The van der Waals surface area contributed by atoms with Crippen LogP contribution in [0.4, 0.5) is 5.69 Å². The number of rotatable bonds is 7. The molecule has 150 valence electrons. The fourth-order valence-electron chi connectivity index (χ4n) is 2.58. The predicted octanol–water partition coefficient (Wildman–Crippen LogP) is 4.79. The van der Waals surface area contributed by atoms with Crippen molar-refractivity contribution in [3.05, 3.63) is 88.9 Å². The summed E-state index contributed by atoms with van der Waals surface area (Å²) in [5.41, 5.74) is 1.63. The Kier molecular flexibility index (Phi) is 6.97. The molecule has 0 radical (unpaired) electrons. The smallest absolute Gasteiger partial charge is 0.255 e. The molecule has 3 rings (SSSR count). The van der Waals surface area contributed by atoms with Crippen molar-refractivity contribution in [1.29, 1.82) is 0 Å². The Bertz CT molecular complexity index is 1100. The first-order valence-electron chi connectivity index (χ1n) is 8.67. The Hall–Kier alpha value is -2.32. The van der Waals surface area contributed by atoms with Crippen LogP contribution in [0.3, 0.4) is 0 Å². The molecule has 0 aliphatic rings. The molecule has 0 aromatic heterocycles. The van der Waals surface area contributed by atoms with Crippen molar-refractivity contribution in [2.75, 3.05) is 11.6 Å². The van der Waals surface area contributed by atoms with Crippen LogP contribution in [0.15, 0.2) is 82.6 Å². The molecule has 5 nitrogen and oxygen atoms in total. The van der Waals surface area contributed by atoms with E-state index >= 15 is 0 Å².